The summed E-state index contributed by atoms with van der Waals surface area (Å²) in [7, 11) is 6.09. The van der Waals surface area contributed by atoms with Gasteiger partial charge in [-0.1, -0.05) is 0 Å². The Kier molecular flexibility index (Phi) is 5.13. The van der Waals surface area contributed by atoms with Gasteiger partial charge in [0.05, 0.1) is 39.4 Å². The highest BCUT2D eigenvalue weighted by Gasteiger charge is 2.41. The van der Waals surface area contributed by atoms with E-state index in [1.165, 1.54) is 11.1 Å². The van der Waals surface area contributed by atoms with Gasteiger partial charge in [-0.15, -0.1) is 0 Å². The largest absolute Gasteiger partial charge is 1.00 e. The SMILES string of the molecule is COc1c2c(cc3c1C(CC(C)O)[N+](C)(C)CC3)OCO2.[I-]. The van der Waals surface area contributed by atoms with Crippen LogP contribution in [0.15, 0.2) is 6.07 Å². The predicted molar refractivity (Wildman–Crippen MR) is 78.8 cm³/mol. The number of quaternary nitrogens is 1. The van der Waals surface area contributed by atoms with Gasteiger partial charge in [0.1, 0.15) is 6.04 Å². The standard InChI is InChI=1S/C16H24NO4.HI/c1-10(18)7-12-14-11(5-6-17(12,2)3)8-13-15(16(14)19-4)21-9-20-13;/h8,10,12,18H,5-7,9H2,1-4H3;1H/q+1;/p-1. The number of aliphatic hydroxyl groups excluding tert-OH is 1. The van der Waals surface area contributed by atoms with E-state index in [9.17, 15) is 5.11 Å². The highest BCUT2D eigenvalue weighted by molar-refractivity contribution is 5.61. The average Bonchev–Trinajstić information content (AvgIpc) is 2.87. The molecule has 6 heteroatoms. The van der Waals surface area contributed by atoms with Crippen molar-refractivity contribution in [2.24, 2.45) is 0 Å². The van der Waals surface area contributed by atoms with Crippen molar-refractivity contribution in [3.63, 3.8) is 0 Å². The summed E-state index contributed by atoms with van der Waals surface area (Å²) in [6.45, 7) is 3.12. The molecule has 2 aliphatic heterocycles. The third kappa shape index (κ3) is 2.88. The van der Waals surface area contributed by atoms with Crippen molar-refractivity contribution in [1.29, 1.82) is 0 Å². The van der Waals surface area contributed by atoms with E-state index in [-0.39, 0.29) is 42.9 Å². The maximum atomic E-state index is 9.91. The summed E-state index contributed by atoms with van der Waals surface area (Å²) in [6.07, 6.45) is 1.33. The number of ether oxygens (including phenoxy) is 3. The normalized spacial score (nSPS) is 22.5. The van der Waals surface area contributed by atoms with Crippen LogP contribution in [0.4, 0.5) is 0 Å². The van der Waals surface area contributed by atoms with E-state index < -0.39 is 0 Å². The minimum absolute atomic E-state index is 0. The van der Waals surface area contributed by atoms with E-state index in [2.05, 4.69) is 20.2 Å². The number of hydrogen-bond donors (Lipinski definition) is 1. The van der Waals surface area contributed by atoms with Gasteiger partial charge in [-0.05, 0) is 18.6 Å². The van der Waals surface area contributed by atoms with E-state index in [1.807, 2.05) is 6.92 Å². The minimum Gasteiger partial charge on any atom is -1.00 e. The lowest BCUT2D eigenvalue weighted by atomic mass is 9.86. The maximum absolute atomic E-state index is 9.91. The molecule has 124 valence electrons. The molecule has 0 saturated heterocycles. The van der Waals surface area contributed by atoms with Crippen molar-refractivity contribution in [1.82, 2.24) is 0 Å². The molecule has 1 aromatic rings. The average molecular weight is 421 g/mol. The second-order valence-corrected chi connectivity index (χ2v) is 6.57. The van der Waals surface area contributed by atoms with Crippen LogP contribution in [0.2, 0.25) is 0 Å². The topological polar surface area (TPSA) is 47.9 Å². The predicted octanol–water partition coefficient (Wildman–Crippen LogP) is -1.13. The van der Waals surface area contributed by atoms with Gasteiger partial charge in [-0.25, -0.2) is 0 Å². The first-order valence-corrected chi connectivity index (χ1v) is 7.44. The Morgan fingerprint density at radius 3 is 2.77 bits per heavy atom. The van der Waals surface area contributed by atoms with E-state index in [0.717, 1.165) is 28.9 Å². The molecule has 1 N–H and O–H groups in total. The molecule has 0 fully saturated rings. The molecule has 0 aliphatic carbocycles. The molecule has 0 spiro atoms. The van der Waals surface area contributed by atoms with Gasteiger partial charge in [-0.3, -0.25) is 0 Å². The number of aliphatic hydroxyl groups is 1. The Labute approximate surface area is 148 Å². The van der Waals surface area contributed by atoms with Crippen molar-refractivity contribution in [2.45, 2.75) is 31.9 Å². The monoisotopic (exact) mass is 421 g/mol. The molecule has 2 atom stereocenters. The molecule has 0 aromatic heterocycles. The Hall–Kier alpha value is -0.730. The van der Waals surface area contributed by atoms with Gasteiger partial charge < -0.3 is 47.8 Å². The minimum atomic E-state index is -0.353. The number of fused-ring (bicyclic) bond motifs is 2. The molecular weight excluding hydrogens is 397 g/mol. The van der Waals surface area contributed by atoms with Crippen LogP contribution in [0.1, 0.15) is 30.5 Å². The number of halogens is 1. The summed E-state index contributed by atoms with van der Waals surface area (Å²) in [4.78, 5) is 0. The third-order valence-electron chi connectivity index (χ3n) is 4.65. The Morgan fingerprint density at radius 2 is 2.14 bits per heavy atom. The summed E-state index contributed by atoms with van der Waals surface area (Å²) in [5.74, 6) is 2.25. The fourth-order valence-corrected chi connectivity index (χ4v) is 3.49. The zero-order valence-corrected chi connectivity index (χ0v) is 15.7. The molecule has 2 unspecified atom stereocenters. The Morgan fingerprint density at radius 1 is 1.41 bits per heavy atom. The zero-order chi connectivity index (χ0) is 15.2. The lowest BCUT2D eigenvalue weighted by Crippen LogP contribution is -3.00. The van der Waals surface area contributed by atoms with Gasteiger partial charge in [0.25, 0.3) is 0 Å². The van der Waals surface area contributed by atoms with Crippen LogP contribution in [0.25, 0.3) is 0 Å². The van der Waals surface area contributed by atoms with Gasteiger partial charge in [-0.2, -0.15) is 0 Å². The fraction of sp³-hybridized carbons (Fsp3) is 0.625. The van der Waals surface area contributed by atoms with Crippen LogP contribution >= 0.6 is 0 Å². The molecular formula is C16H24INO4. The van der Waals surface area contributed by atoms with Crippen LogP contribution in [0.5, 0.6) is 17.2 Å². The van der Waals surface area contributed by atoms with Crippen molar-refractivity contribution in [3.8, 4) is 17.2 Å². The summed E-state index contributed by atoms with van der Waals surface area (Å²) in [5.41, 5.74) is 2.41. The smallest absolute Gasteiger partial charge is 0.231 e. The third-order valence-corrected chi connectivity index (χ3v) is 4.65. The van der Waals surface area contributed by atoms with Crippen LogP contribution in [-0.4, -0.2) is 50.2 Å². The van der Waals surface area contributed by atoms with Crippen molar-refractivity contribution in [2.75, 3.05) is 34.5 Å². The lowest BCUT2D eigenvalue weighted by molar-refractivity contribution is -0.924. The second-order valence-electron chi connectivity index (χ2n) is 6.57. The molecule has 0 radical (unpaired) electrons. The molecule has 0 saturated carbocycles. The molecule has 2 aliphatic rings. The highest BCUT2D eigenvalue weighted by Crippen LogP contribution is 2.51. The van der Waals surface area contributed by atoms with Gasteiger partial charge in [0.15, 0.2) is 11.5 Å². The van der Waals surface area contributed by atoms with Crippen molar-refractivity contribution >= 4 is 0 Å². The summed E-state index contributed by atoms with van der Waals surface area (Å²) in [5, 5.41) is 9.91. The number of nitrogens with zero attached hydrogens (tertiary/aromatic N) is 1. The number of rotatable bonds is 3. The molecule has 3 rings (SSSR count). The molecule has 5 nitrogen and oxygen atoms in total. The fourth-order valence-electron chi connectivity index (χ4n) is 3.49. The highest BCUT2D eigenvalue weighted by atomic mass is 127. The van der Waals surface area contributed by atoms with Gasteiger partial charge >= 0.3 is 0 Å². The molecule has 22 heavy (non-hydrogen) atoms. The van der Waals surface area contributed by atoms with E-state index in [4.69, 9.17) is 14.2 Å². The number of hydrogen-bond acceptors (Lipinski definition) is 4. The summed E-state index contributed by atoms with van der Waals surface area (Å²) < 4.78 is 17.6. The lowest BCUT2D eigenvalue weighted by Gasteiger charge is -2.43. The van der Waals surface area contributed by atoms with E-state index >= 15 is 0 Å². The van der Waals surface area contributed by atoms with Crippen LogP contribution in [0.3, 0.4) is 0 Å². The Balaban J connectivity index is 0.00000176. The summed E-state index contributed by atoms with van der Waals surface area (Å²) in [6, 6.07) is 2.27. The number of likely N-dealkylation sites (N-methyl/N-ethyl adjacent to an activating group) is 1. The maximum Gasteiger partial charge on any atom is 0.231 e. The van der Waals surface area contributed by atoms with Crippen LogP contribution in [0, 0.1) is 0 Å². The molecule has 1 aromatic carbocycles. The first-order chi connectivity index (χ1) is 9.94. The quantitative estimate of drug-likeness (QED) is 0.496. The van der Waals surface area contributed by atoms with Crippen molar-refractivity contribution < 1.29 is 47.8 Å². The summed E-state index contributed by atoms with van der Waals surface area (Å²) >= 11 is 0. The van der Waals surface area contributed by atoms with E-state index in [1.54, 1.807) is 7.11 Å². The van der Waals surface area contributed by atoms with Crippen LogP contribution in [-0.2, 0) is 6.42 Å². The van der Waals surface area contributed by atoms with Crippen LogP contribution < -0.4 is 38.2 Å². The molecule has 0 amide bonds. The first-order valence-electron chi connectivity index (χ1n) is 7.44. The molecule has 2 heterocycles. The Bertz CT molecular complexity index is 560. The number of benzene rings is 1. The number of methoxy groups -OCH3 is 1. The zero-order valence-electron chi connectivity index (χ0n) is 13.6. The van der Waals surface area contributed by atoms with Gasteiger partial charge in [0.2, 0.25) is 12.5 Å². The second kappa shape index (κ2) is 6.41. The first kappa shape index (κ1) is 17.6. The van der Waals surface area contributed by atoms with Gasteiger partial charge in [0, 0.05) is 12.8 Å². The molecule has 0 bridgehead atoms. The van der Waals surface area contributed by atoms with Crippen molar-refractivity contribution in [3.05, 3.63) is 17.2 Å². The van der Waals surface area contributed by atoms with E-state index in [0.29, 0.717) is 12.2 Å².